The molecule has 2 amide bonds. The van der Waals surface area contributed by atoms with Crippen molar-refractivity contribution in [3.63, 3.8) is 0 Å². The summed E-state index contributed by atoms with van der Waals surface area (Å²) in [5, 5.41) is 2.52. The number of aryl methyl sites for hydroxylation is 1. The van der Waals surface area contributed by atoms with Crippen LogP contribution in [0.3, 0.4) is 0 Å². The van der Waals surface area contributed by atoms with Crippen LogP contribution < -0.4 is 11.1 Å². The van der Waals surface area contributed by atoms with Crippen LogP contribution in [-0.2, 0) is 16.0 Å². The third-order valence-electron chi connectivity index (χ3n) is 3.74. The second kappa shape index (κ2) is 8.32. The lowest BCUT2D eigenvalue weighted by Crippen LogP contribution is -2.46. The topological polar surface area (TPSA) is 141 Å². The minimum Gasteiger partial charge on any atom is -0.469 e. The molecule has 3 rings (SSSR count). The first-order chi connectivity index (χ1) is 13.1. The number of amides is 2. The number of carbonyl (C=O) groups excluding carboxylic acids is 3. The Labute approximate surface area is 157 Å². The van der Waals surface area contributed by atoms with Crippen molar-refractivity contribution in [3.05, 3.63) is 54.2 Å². The number of nitrogens with two attached hydrogens (primary N) is 1. The molecule has 3 aromatic heterocycles. The van der Waals surface area contributed by atoms with E-state index in [0.29, 0.717) is 23.6 Å². The van der Waals surface area contributed by atoms with Gasteiger partial charge in [-0.15, -0.1) is 0 Å². The second-order valence-electron chi connectivity index (χ2n) is 5.55. The predicted octanol–water partition coefficient (Wildman–Crippen LogP) is 0.979. The number of aromatic nitrogens is 3. The number of rotatable bonds is 8. The highest BCUT2D eigenvalue weighted by Crippen LogP contribution is 2.19. The molecule has 1 unspecified atom stereocenters. The summed E-state index contributed by atoms with van der Waals surface area (Å²) in [6.45, 7) is 0. The van der Waals surface area contributed by atoms with Crippen LogP contribution in [0.1, 0.15) is 22.7 Å². The highest BCUT2D eigenvalue weighted by atomic mass is 32.1. The summed E-state index contributed by atoms with van der Waals surface area (Å²) in [6, 6.07) is 7.52. The molecule has 0 fully saturated rings. The molecule has 0 radical (unpaired) electrons. The van der Waals surface area contributed by atoms with E-state index in [2.05, 4.69) is 19.0 Å². The SMILES string of the molecule is NC(=O)C(=O)C(CCc1ccco1)NC(=O)c1nsnc1-c1ccccn1. The lowest BCUT2D eigenvalue weighted by atomic mass is 10.0. The molecular weight excluding hydrogens is 370 g/mol. The van der Waals surface area contributed by atoms with Crippen LogP contribution in [0, 0.1) is 0 Å². The zero-order chi connectivity index (χ0) is 19.2. The molecule has 3 heterocycles. The molecule has 138 valence electrons. The number of furan rings is 1. The highest BCUT2D eigenvalue weighted by molar-refractivity contribution is 6.99. The number of nitrogens with zero attached hydrogens (tertiary/aromatic N) is 3. The summed E-state index contributed by atoms with van der Waals surface area (Å²) in [4.78, 5) is 40.2. The summed E-state index contributed by atoms with van der Waals surface area (Å²) in [6.07, 6.45) is 3.56. The van der Waals surface area contributed by atoms with Crippen LogP contribution in [0.25, 0.3) is 11.4 Å². The Hall–Kier alpha value is -3.40. The summed E-state index contributed by atoms with van der Waals surface area (Å²) in [5.41, 5.74) is 5.91. The van der Waals surface area contributed by atoms with Gasteiger partial charge in [-0.3, -0.25) is 19.4 Å². The van der Waals surface area contributed by atoms with Gasteiger partial charge >= 0.3 is 0 Å². The number of ketones is 1. The van der Waals surface area contributed by atoms with E-state index in [1.165, 1.54) is 6.26 Å². The van der Waals surface area contributed by atoms with Gasteiger partial charge in [0.1, 0.15) is 11.5 Å². The van der Waals surface area contributed by atoms with E-state index in [9.17, 15) is 14.4 Å². The molecule has 3 aromatic rings. The Morgan fingerprint density at radius 1 is 1.19 bits per heavy atom. The van der Waals surface area contributed by atoms with Gasteiger partial charge in [0, 0.05) is 12.6 Å². The first kappa shape index (κ1) is 18.4. The molecule has 9 nitrogen and oxygen atoms in total. The van der Waals surface area contributed by atoms with Crippen molar-refractivity contribution >= 4 is 29.3 Å². The Kier molecular flexibility index (Phi) is 5.67. The molecule has 0 aliphatic rings. The van der Waals surface area contributed by atoms with E-state index < -0.39 is 23.6 Å². The van der Waals surface area contributed by atoms with Crippen LogP contribution in [0.2, 0.25) is 0 Å². The van der Waals surface area contributed by atoms with Gasteiger partial charge in [0.05, 0.1) is 29.7 Å². The van der Waals surface area contributed by atoms with E-state index >= 15 is 0 Å². The van der Waals surface area contributed by atoms with Gasteiger partial charge in [0.15, 0.2) is 5.69 Å². The maximum absolute atomic E-state index is 12.6. The second-order valence-corrected chi connectivity index (χ2v) is 6.08. The minimum absolute atomic E-state index is 0.0268. The van der Waals surface area contributed by atoms with Crippen molar-refractivity contribution in [1.82, 2.24) is 19.0 Å². The predicted molar refractivity (Wildman–Crippen MR) is 95.6 cm³/mol. The van der Waals surface area contributed by atoms with E-state index in [1.54, 1.807) is 36.5 Å². The van der Waals surface area contributed by atoms with Crippen molar-refractivity contribution in [2.75, 3.05) is 0 Å². The van der Waals surface area contributed by atoms with Crippen LogP contribution in [0.5, 0.6) is 0 Å². The zero-order valence-corrected chi connectivity index (χ0v) is 14.8. The summed E-state index contributed by atoms with van der Waals surface area (Å²) >= 11 is 0.850. The fourth-order valence-electron chi connectivity index (χ4n) is 2.42. The number of hydrogen-bond donors (Lipinski definition) is 2. The van der Waals surface area contributed by atoms with Crippen molar-refractivity contribution in [1.29, 1.82) is 0 Å². The molecule has 0 spiro atoms. The number of hydrogen-bond acceptors (Lipinski definition) is 8. The molecular formula is C17H15N5O4S. The largest absolute Gasteiger partial charge is 0.469 e. The molecule has 0 aliphatic heterocycles. The van der Waals surface area contributed by atoms with E-state index in [1.807, 2.05) is 0 Å². The van der Waals surface area contributed by atoms with Gasteiger partial charge in [0.25, 0.3) is 11.8 Å². The van der Waals surface area contributed by atoms with Gasteiger partial charge in [-0.25, -0.2) is 0 Å². The smallest absolute Gasteiger partial charge is 0.287 e. The first-order valence-corrected chi connectivity index (χ1v) is 8.70. The minimum atomic E-state index is -1.12. The maximum Gasteiger partial charge on any atom is 0.287 e. The van der Waals surface area contributed by atoms with E-state index in [-0.39, 0.29) is 12.1 Å². The molecule has 3 N–H and O–H groups in total. The van der Waals surface area contributed by atoms with Crippen molar-refractivity contribution in [2.45, 2.75) is 18.9 Å². The summed E-state index contributed by atoms with van der Waals surface area (Å²) in [7, 11) is 0. The Bertz CT molecular complexity index is 939. The normalized spacial score (nSPS) is 11.7. The van der Waals surface area contributed by atoms with Crippen LogP contribution >= 0.6 is 11.7 Å². The molecule has 0 aliphatic carbocycles. The Balaban J connectivity index is 1.77. The first-order valence-electron chi connectivity index (χ1n) is 7.97. The third kappa shape index (κ3) is 4.42. The average molecular weight is 385 g/mol. The summed E-state index contributed by atoms with van der Waals surface area (Å²) < 4.78 is 13.3. The molecule has 0 aromatic carbocycles. The van der Waals surface area contributed by atoms with Crippen LogP contribution in [-0.4, -0.2) is 37.4 Å². The molecule has 0 bridgehead atoms. The number of carbonyl (C=O) groups is 3. The maximum atomic E-state index is 12.6. The lowest BCUT2D eigenvalue weighted by molar-refractivity contribution is -0.137. The van der Waals surface area contributed by atoms with Crippen molar-refractivity contribution in [3.8, 4) is 11.4 Å². The standard InChI is InChI=1S/C17H15N5O4S/c18-16(24)15(23)12(7-6-10-4-3-9-26-10)20-17(25)14-13(21-27-22-14)11-5-1-2-8-19-11/h1-5,8-9,12H,6-7H2,(H2,18,24)(H,20,25). The molecule has 0 saturated carbocycles. The van der Waals surface area contributed by atoms with Crippen molar-refractivity contribution < 1.29 is 18.8 Å². The lowest BCUT2D eigenvalue weighted by Gasteiger charge is -2.15. The number of primary amides is 1. The monoisotopic (exact) mass is 385 g/mol. The van der Waals surface area contributed by atoms with Crippen molar-refractivity contribution in [2.24, 2.45) is 5.73 Å². The van der Waals surface area contributed by atoms with Gasteiger partial charge < -0.3 is 15.5 Å². The number of Topliss-reactive ketones (excluding diaryl/α,β-unsaturated/α-hetero) is 1. The quantitative estimate of drug-likeness (QED) is 0.551. The van der Waals surface area contributed by atoms with Crippen LogP contribution in [0.15, 0.2) is 47.2 Å². The van der Waals surface area contributed by atoms with E-state index in [0.717, 1.165) is 11.7 Å². The van der Waals surface area contributed by atoms with Crippen LogP contribution in [0.4, 0.5) is 0 Å². The van der Waals surface area contributed by atoms with Gasteiger partial charge in [0.2, 0.25) is 5.78 Å². The average Bonchev–Trinajstić information content (AvgIpc) is 3.36. The fraction of sp³-hybridized carbons (Fsp3) is 0.176. The van der Waals surface area contributed by atoms with Gasteiger partial charge in [-0.05, 0) is 30.7 Å². The summed E-state index contributed by atoms with van der Waals surface area (Å²) in [5.74, 6) is -2.03. The molecule has 10 heteroatoms. The Morgan fingerprint density at radius 3 is 2.70 bits per heavy atom. The third-order valence-corrected chi connectivity index (χ3v) is 4.26. The zero-order valence-electron chi connectivity index (χ0n) is 14.0. The fourth-order valence-corrected chi connectivity index (χ4v) is 2.97. The number of nitrogens with one attached hydrogen (secondary N) is 1. The number of pyridine rings is 1. The van der Waals surface area contributed by atoms with Gasteiger partial charge in [-0.1, -0.05) is 6.07 Å². The Morgan fingerprint density at radius 2 is 2.04 bits per heavy atom. The highest BCUT2D eigenvalue weighted by Gasteiger charge is 2.28. The van der Waals surface area contributed by atoms with E-state index in [4.69, 9.17) is 10.2 Å². The van der Waals surface area contributed by atoms with Gasteiger partial charge in [-0.2, -0.15) is 8.75 Å². The molecule has 1 atom stereocenters. The molecule has 27 heavy (non-hydrogen) atoms. The molecule has 0 saturated heterocycles.